The van der Waals surface area contributed by atoms with Gasteiger partial charge in [0, 0.05) is 0 Å². The molecule has 0 aliphatic carbocycles. The van der Waals surface area contributed by atoms with Crippen molar-refractivity contribution in [3.05, 3.63) is 35.5 Å². The van der Waals surface area contributed by atoms with Crippen LogP contribution in [-0.2, 0) is 0 Å². The Hall–Kier alpha value is -0.780. The molecule has 0 aromatic carbocycles. The Morgan fingerprint density at radius 3 is 2.00 bits per heavy atom. The molecule has 0 amide bonds. The summed E-state index contributed by atoms with van der Waals surface area (Å²) in [4.78, 5) is 0. The minimum atomic E-state index is 1.12. The van der Waals surface area contributed by atoms with Crippen LogP contribution < -0.4 is 0 Å². The Bertz CT molecular complexity index is 204. The van der Waals surface area contributed by atoms with Gasteiger partial charge in [-0.3, -0.25) is 0 Å². The highest BCUT2D eigenvalue weighted by Crippen LogP contribution is 2.11. The number of hydrogen-bond acceptors (Lipinski definition) is 0. The molecule has 0 unspecified atom stereocenters. The minimum absolute atomic E-state index is 1.12. The first-order valence-electron chi connectivity index (χ1n) is 5.30. The van der Waals surface area contributed by atoms with Crippen molar-refractivity contribution in [1.82, 2.24) is 0 Å². The first-order chi connectivity index (χ1) is 6.28. The van der Waals surface area contributed by atoms with Gasteiger partial charge in [0.25, 0.3) is 0 Å². The fraction of sp³-hybridized carbons (Fsp3) is 0.538. The van der Waals surface area contributed by atoms with Crippen LogP contribution in [0.5, 0.6) is 0 Å². The smallest absolute Gasteiger partial charge is 0.0307 e. The molecule has 0 aliphatic heterocycles. The maximum absolute atomic E-state index is 2.30. The number of hydrogen-bond donors (Lipinski definition) is 0. The molecular weight excluding hydrogens is 156 g/mol. The Morgan fingerprint density at radius 1 is 1.00 bits per heavy atom. The van der Waals surface area contributed by atoms with Crippen LogP contribution in [0, 0.1) is 0 Å². The molecule has 0 atom stereocenters. The van der Waals surface area contributed by atoms with Gasteiger partial charge >= 0.3 is 0 Å². The molecule has 0 saturated heterocycles. The van der Waals surface area contributed by atoms with Crippen molar-refractivity contribution in [3.63, 3.8) is 0 Å². The monoisotopic (exact) mass is 178 g/mol. The summed E-state index contributed by atoms with van der Waals surface area (Å²) in [5.41, 5.74) is 2.86. The van der Waals surface area contributed by atoms with Gasteiger partial charge < -0.3 is 0 Å². The highest BCUT2D eigenvalue weighted by molar-refractivity contribution is 5.29. The zero-order valence-electron chi connectivity index (χ0n) is 9.43. The van der Waals surface area contributed by atoms with Gasteiger partial charge in [0.05, 0.1) is 0 Å². The van der Waals surface area contributed by atoms with Gasteiger partial charge in [-0.25, -0.2) is 0 Å². The fourth-order valence-corrected chi connectivity index (χ4v) is 1.16. The van der Waals surface area contributed by atoms with E-state index < -0.39 is 0 Å². The molecule has 0 fully saturated rings. The molecule has 74 valence electrons. The van der Waals surface area contributed by atoms with Gasteiger partial charge in [-0.2, -0.15) is 0 Å². The third kappa shape index (κ3) is 5.46. The average molecular weight is 178 g/mol. The fourth-order valence-electron chi connectivity index (χ4n) is 1.16. The third-order valence-electron chi connectivity index (χ3n) is 2.13. The van der Waals surface area contributed by atoms with Crippen LogP contribution in [0.25, 0.3) is 0 Å². The van der Waals surface area contributed by atoms with E-state index in [1.54, 1.807) is 0 Å². The van der Waals surface area contributed by atoms with Crippen molar-refractivity contribution in [2.45, 2.75) is 47.0 Å². The molecule has 0 aliphatic rings. The largest absolute Gasteiger partial charge is 0.0845 e. The molecule has 0 radical (unpaired) electrons. The maximum Gasteiger partial charge on any atom is -0.0307 e. The van der Waals surface area contributed by atoms with Crippen LogP contribution in [0.15, 0.2) is 35.5 Å². The van der Waals surface area contributed by atoms with E-state index in [4.69, 9.17) is 0 Å². The maximum atomic E-state index is 2.30. The van der Waals surface area contributed by atoms with Gasteiger partial charge in [0.2, 0.25) is 0 Å². The lowest BCUT2D eigenvalue weighted by atomic mass is 10.1. The van der Waals surface area contributed by atoms with Crippen LogP contribution >= 0.6 is 0 Å². The van der Waals surface area contributed by atoms with E-state index in [-0.39, 0.29) is 0 Å². The summed E-state index contributed by atoms with van der Waals surface area (Å²) in [5, 5.41) is 0. The molecule has 0 aromatic heterocycles. The van der Waals surface area contributed by atoms with Crippen molar-refractivity contribution in [1.29, 1.82) is 0 Å². The van der Waals surface area contributed by atoms with Gasteiger partial charge in [-0.1, -0.05) is 50.6 Å². The molecule has 0 saturated carbocycles. The van der Waals surface area contributed by atoms with Gasteiger partial charge in [0.1, 0.15) is 0 Å². The van der Waals surface area contributed by atoms with Crippen molar-refractivity contribution >= 4 is 0 Å². The third-order valence-corrected chi connectivity index (χ3v) is 2.13. The van der Waals surface area contributed by atoms with E-state index >= 15 is 0 Å². The normalized spacial score (nSPS) is 14.2. The zero-order chi connectivity index (χ0) is 10.1. The van der Waals surface area contributed by atoms with E-state index in [1.165, 1.54) is 11.1 Å². The summed E-state index contributed by atoms with van der Waals surface area (Å²) < 4.78 is 0. The van der Waals surface area contributed by atoms with E-state index in [9.17, 15) is 0 Å². The Morgan fingerprint density at radius 2 is 1.62 bits per heavy atom. The Labute approximate surface area is 83.0 Å². The number of allylic oxidation sites excluding steroid dienone is 6. The van der Waals surface area contributed by atoms with E-state index in [0.717, 1.165) is 19.3 Å². The summed E-state index contributed by atoms with van der Waals surface area (Å²) in [5.74, 6) is 0. The summed E-state index contributed by atoms with van der Waals surface area (Å²) >= 11 is 0. The predicted octanol–water partition coefficient (Wildman–Crippen LogP) is 4.65. The molecule has 0 spiro atoms. The van der Waals surface area contributed by atoms with Crippen molar-refractivity contribution in [2.24, 2.45) is 0 Å². The summed E-state index contributed by atoms with van der Waals surface area (Å²) in [6.45, 7) is 8.67. The van der Waals surface area contributed by atoms with E-state index in [2.05, 4.69) is 52.0 Å². The van der Waals surface area contributed by atoms with Crippen LogP contribution in [0.2, 0.25) is 0 Å². The highest BCUT2D eigenvalue weighted by atomic mass is 14.0. The SMILES string of the molecule is C/C=C(/C=C(/C=C/CC)CC)CC. The van der Waals surface area contributed by atoms with Crippen LogP contribution in [0.1, 0.15) is 47.0 Å². The molecular formula is C13H22. The quantitative estimate of drug-likeness (QED) is 0.538. The van der Waals surface area contributed by atoms with Crippen LogP contribution in [-0.4, -0.2) is 0 Å². The van der Waals surface area contributed by atoms with Crippen LogP contribution in [0.3, 0.4) is 0 Å². The highest BCUT2D eigenvalue weighted by Gasteiger charge is 1.90. The van der Waals surface area contributed by atoms with Crippen molar-refractivity contribution < 1.29 is 0 Å². The lowest BCUT2D eigenvalue weighted by molar-refractivity contribution is 1.09. The summed E-state index contributed by atoms with van der Waals surface area (Å²) in [6, 6.07) is 0. The summed E-state index contributed by atoms with van der Waals surface area (Å²) in [6.07, 6.45) is 12.3. The minimum Gasteiger partial charge on any atom is -0.0845 e. The molecule has 0 bridgehead atoms. The topological polar surface area (TPSA) is 0 Å². The van der Waals surface area contributed by atoms with Gasteiger partial charge in [-0.15, -0.1) is 0 Å². The first kappa shape index (κ1) is 12.2. The summed E-state index contributed by atoms with van der Waals surface area (Å²) in [7, 11) is 0. The molecule has 0 N–H and O–H groups in total. The second-order valence-electron chi connectivity index (χ2n) is 3.10. The van der Waals surface area contributed by atoms with Gasteiger partial charge in [-0.05, 0) is 31.8 Å². The lowest BCUT2D eigenvalue weighted by Gasteiger charge is -2.00. The molecule has 13 heavy (non-hydrogen) atoms. The zero-order valence-corrected chi connectivity index (χ0v) is 9.43. The first-order valence-corrected chi connectivity index (χ1v) is 5.30. The van der Waals surface area contributed by atoms with Crippen molar-refractivity contribution in [3.8, 4) is 0 Å². The second-order valence-corrected chi connectivity index (χ2v) is 3.10. The predicted molar refractivity (Wildman–Crippen MR) is 61.9 cm³/mol. The van der Waals surface area contributed by atoms with E-state index in [0.29, 0.717) is 0 Å². The average Bonchev–Trinajstić information content (AvgIpc) is 2.19. The Balaban J connectivity index is 4.45. The van der Waals surface area contributed by atoms with E-state index in [1.807, 2.05) is 0 Å². The molecule has 0 aromatic rings. The molecule has 0 heteroatoms. The Kier molecular flexibility index (Phi) is 7.38. The molecule has 0 rings (SSSR count). The van der Waals surface area contributed by atoms with Crippen molar-refractivity contribution in [2.75, 3.05) is 0 Å². The lowest BCUT2D eigenvalue weighted by Crippen LogP contribution is -1.79. The molecule has 0 nitrogen and oxygen atoms in total. The second kappa shape index (κ2) is 7.85. The standard InChI is InChI=1S/C13H22/c1-5-9-10-13(8-4)11-12(6-2)7-3/h6,9-11H,5,7-8H2,1-4H3/b10-9+,12-6+,13-11+. The molecule has 0 heterocycles. The van der Waals surface area contributed by atoms with Gasteiger partial charge in [0.15, 0.2) is 0 Å². The number of rotatable bonds is 5. The van der Waals surface area contributed by atoms with Crippen LogP contribution in [0.4, 0.5) is 0 Å².